The molecule has 0 aromatic carbocycles. The van der Waals surface area contributed by atoms with E-state index < -0.39 is 32.7 Å². The average Bonchev–Trinajstić information content (AvgIpc) is 2.90. The molecule has 0 radical (unpaired) electrons. The first-order valence-electron chi connectivity index (χ1n) is 7.72. The molecule has 2 fully saturated rings. The van der Waals surface area contributed by atoms with Crippen molar-refractivity contribution in [2.75, 3.05) is 13.2 Å². The minimum absolute atomic E-state index is 0.00630. The molecule has 0 aromatic rings. The van der Waals surface area contributed by atoms with Gasteiger partial charge in [-0.25, -0.2) is 0 Å². The third-order valence-corrected chi connectivity index (χ3v) is 5.57. The average molecular weight is 337 g/mol. The Morgan fingerprint density at radius 2 is 1.64 bits per heavy atom. The van der Waals surface area contributed by atoms with Crippen LogP contribution in [0, 0.1) is 11.8 Å². The molecule has 22 heavy (non-hydrogen) atoms. The predicted molar refractivity (Wildman–Crippen MR) is 78.5 cm³/mol. The van der Waals surface area contributed by atoms with Crippen LogP contribution >= 0.6 is 8.25 Å². The van der Waals surface area contributed by atoms with Gasteiger partial charge in [0.25, 0.3) is 0 Å². The maximum atomic E-state index is 12.0. The van der Waals surface area contributed by atoms with Crippen molar-refractivity contribution in [1.82, 2.24) is 0 Å². The summed E-state index contributed by atoms with van der Waals surface area (Å²) in [6, 6.07) is 0. The lowest BCUT2D eigenvalue weighted by molar-refractivity contribution is -0.0240. The van der Waals surface area contributed by atoms with E-state index in [1.165, 1.54) is 0 Å². The molecule has 0 aliphatic carbocycles. The molecular formula is C14H26O7P+. The molecule has 7 nitrogen and oxygen atoms in total. The van der Waals surface area contributed by atoms with Crippen LogP contribution in [0.5, 0.6) is 0 Å². The van der Waals surface area contributed by atoms with Gasteiger partial charge in [0.2, 0.25) is 0 Å². The lowest BCUT2D eigenvalue weighted by Crippen LogP contribution is -2.31. The Morgan fingerprint density at radius 3 is 2.18 bits per heavy atom. The number of ether oxygens (including phenoxy) is 2. The highest BCUT2D eigenvalue weighted by atomic mass is 31.1. The Hall–Kier alpha value is -0.140. The van der Waals surface area contributed by atoms with Gasteiger partial charge in [0.1, 0.15) is 24.9 Å². The number of hydrogen-bond donors (Lipinski definition) is 2. The van der Waals surface area contributed by atoms with E-state index in [0.717, 1.165) is 0 Å². The molecule has 2 N–H and O–H groups in total. The van der Waals surface area contributed by atoms with Gasteiger partial charge in [0.15, 0.2) is 0 Å². The summed E-state index contributed by atoms with van der Waals surface area (Å²) in [7, 11) is -2.37. The number of rotatable bonds is 6. The van der Waals surface area contributed by atoms with Crippen LogP contribution in [0.3, 0.4) is 0 Å². The standard InChI is InChI=1S/C14H26O7P/c1-7-9(3)20-12(13(7)16)6-18-22(17)21-14-8(2)10(4)19-11(14)5-15/h7-16H,5-6H2,1-4H3/q+1/t7-,8-,9-,10-,11+,12+,13-,14-/m0/s1. The van der Waals surface area contributed by atoms with E-state index in [0.29, 0.717) is 0 Å². The second-order valence-electron chi connectivity index (χ2n) is 6.24. The summed E-state index contributed by atoms with van der Waals surface area (Å²) in [6.07, 6.45) is -2.26. The molecule has 0 saturated carbocycles. The van der Waals surface area contributed by atoms with Crippen LogP contribution in [0.25, 0.3) is 0 Å². The maximum Gasteiger partial charge on any atom is 0.697 e. The third kappa shape index (κ3) is 3.85. The van der Waals surface area contributed by atoms with Crippen molar-refractivity contribution < 1.29 is 33.3 Å². The first-order valence-corrected chi connectivity index (χ1v) is 8.81. The van der Waals surface area contributed by atoms with E-state index in [2.05, 4.69) is 0 Å². The van der Waals surface area contributed by atoms with Crippen molar-refractivity contribution in [2.45, 2.75) is 64.3 Å². The van der Waals surface area contributed by atoms with Crippen LogP contribution in [0.4, 0.5) is 0 Å². The highest BCUT2D eigenvalue weighted by Gasteiger charge is 2.47. The van der Waals surface area contributed by atoms with Gasteiger partial charge in [-0.1, -0.05) is 13.8 Å². The molecule has 128 valence electrons. The molecule has 2 saturated heterocycles. The lowest BCUT2D eigenvalue weighted by Gasteiger charge is -2.14. The van der Waals surface area contributed by atoms with Crippen LogP contribution in [-0.4, -0.2) is 60.1 Å². The van der Waals surface area contributed by atoms with Crippen molar-refractivity contribution in [3.8, 4) is 0 Å². The Balaban J connectivity index is 1.81. The summed E-state index contributed by atoms with van der Waals surface area (Å²) in [5.74, 6) is 0.0170. The highest BCUT2D eigenvalue weighted by Crippen LogP contribution is 2.38. The quantitative estimate of drug-likeness (QED) is 0.704. The molecule has 2 aliphatic heterocycles. The fourth-order valence-electron chi connectivity index (χ4n) is 2.89. The molecular weight excluding hydrogens is 311 g/mol. The summed E-state index contributed by atoms with van der Waals surface area (Å²) < 4.78 is 33.7. The summed E-state index contributed by atoms with van der Waals surface area (Å²) in [5.41, 5.74) is 0. The molecule has 1 unspecified atom stereocenters. The minimum atomic E-state index is -2.37. The monoisotopic (exact) mass is 337 g/mol. The fraction of sp³-hybridized carbons (Fsp3) is 1.00. The van der Waals surface area contributed by atoms with Gasteiger partial charge in [-0.15, -0.1) is 9.05 Å². The Kier molecular flexibility index (Phi) is 6.30. The predicted octanol–water partition coefficient (Wildman–Crippen LogP) is 1.25. The summed E-state index contributed by atoms with van der Waals surface area (Å²) in [4.78, 5) is 0. The van der Waals surface area contributed by atoms with Crippen molar-refractivity contribution in [3.63, 3.8) is 0 Å². The summed E-state index contributed by atoms with van der Waals surface area (Å²) >= 11 is 0. The largest absolute Gasteiger partial charge is 0.697 e. The Labute approximate surface area is 131 Å². The van der Waals surface area contributed by atoms with Gasteiger partial charge in [-0.05, 0) is 13.8 Å². The van der Waals surface area contributed by atoms with Crippen molar-refractivity contribution in [1.29, 1.82) is 0 Å². The van der Waals surface area contributed by atoms with Crippen LogP contribution < -0.4 is 0 Å². The molecule has 0 bridgehead atoms. The highest BCUT2D eigenvalue weighted by molar-refractivity contribution is 7.33. The SMILES string of the molecule is C[C@@H]1[C@H](O)[C@@H](CO[P+](=O)O[C@H]2[C@@H](C)[C@H](C)O[C@@H]2CO)O[C@H]1C. The second kappa shape index (κ2) is 7.62. The molecule has 0 aromatic heterocycles. The van der Waals surface area contributed by atoms with E-state index in [-0.39, 0.29) is 37.3 Å². The molecule has 2 heterocycles. The lowest BCUT2D eigenvalue weighted by atomic mass is 10.00. The zero-order chi connectivity index (χ0) is 16.4. The van der Waals surface area contributed by atoms with Crippen molar-refractivity contribution in [3.05, 3.63) is 0 Å². The summed E-state index contributed by atoms with van der Waals surface area (Å²) in [6.45, 7) is 7.40. The van der Waals surface area contributed by atoms with Crippen LogP contribution in [-0.2, 0) is 23.1 Å². The number of hydrogen-bond acceptors (Lipinski definition) is 7. The molecule has 2 aliphatic rings. The minimum Gasteiger partial charge on any atom is -0.394 e. The second-order valence-corrected chi connectivity index (χ2v) is 7.16. The van der Waals surface area contributed by atoms with E-state index in [4.69, 9.17) is 18.5 Å². The first kappa shape index (κ1) is 18.2. The molecule has 8 heteroatoms. The van der Waals surface area contributed by atoms with Gasteiger partial charge >= 0.3 is 8.25 Å². The zero-order valence-electron chi connectivity index (χ0n) is 13.4. The van der Waals surface area contributed by atoms with Crippen molar-refractivity contribution >= 4 is 8.25 Å². The van der Waals surface area contributed by atoms with Crippen LogP contribution in [0.15, 0.2) is 0 Å². The summed E-state index contributed by atoms with van der Waals surface area (Å²) in [5, 5.41) is 19.3. The van der Waals surface area contributed by atoms with E-state index in [1.54, 1.807) is 0 Å². The van der Waals surface area contributed by atoms with Gasteiger partial charge in [0, 0.05) is 16.4 Å². The van der Waals surface area contributed by atoms with Crippen molar-refractivity contribution in [2.24, 2.45) is 11.8 Å². The molecule has 9 atom stereocenters. The zero-order valence-corrected chi connectivity index (χ0v) is 14.3. The van der Waals surface area contributed by atoms with Gasteiger partial charge in [-0.2, -0.15) is 0 Å². The molecule has 0 spiro atoms. The smallest absolute Gasteiger partial charge is 0.394 e. The normalized spacial score (nSPS) is 46.2. The van der Waals surface area contributed by atoms with Crippen LogP contribution in [0.1, 0.15) is 27.7 Å². The Morgan fingerprint density at radius 1 is 1.05 bits per heavy atom. The Bertz CT molecular complexity index is 393. The van der Waals surface area contributed by atoms with Gasteiger partial charge in [-0.3, -0.25) is 0 Å². The van der Waals surface area contributed by atoms with E-state index >= 15 is 0 Å². The van der Waals surface area contributed by atoms with E-state index in [9.17, 15) is 14.8 Å². The molecule has 0 amide bonds. The van der Waals surface area contributed by atoms with Gasteiger partial charge in [0.05, 0.1) is 24.9 Å². The first-order chi connectivity index (χ1) is 10.3. The van der Waals surface area contributed by atoms with Gasteiger partial charge < -0.3 is 19.7 Å². The maximum absolute atomic E-state index is 12.0. The topological polar surface area (TPSA) is 94.5 Å². The number of aliphatic hydroxyl groups excluding tert-OH is 2. The number of aliphatic hydroxyl groups is 2. The van der Waals surface area contributed by atoms with E-state index in [1.807, 2.05) is 27.7 Å². The molecule has 2 rings (SSSR count). The fourth-order valence-corrected chi connectivity index (χ4v) is 3.75. The van der Waals surface area contributed by atoms with Crippen LogP contribution in [0.2, 0.25) is 0 Å². The third-order valence-electron chi connectivity index (χ3n) is 4.80.